The quantitative estimate of drug-likeness (QED) is 0.296. The van der Waals surface area contributed by atoms with Crippen molar-refractivity contribution in [2.75, 3.05) is 17.2 Å². The molecule has 1 aliphatic carbocycles. The molecule has 0 unspecified atom stereocenters. The Morgan fingerprint density at radius 3 is 2.48 bits per heavy atom. The van der Waals surface area contributed by atoms with Crippen LogP contribution in [0.15, 0.2) is 24.3 Å². The summed E-state index contributed by atoms with van der Waals surface area (Å²) in [5.41, 5.74) is 8.17. The van der Waals surface area contributed by atoms with Crippen molar-refractivity contribution < 1.29 is 23.5 Å². The van der Waals surface area contributed by atoms with Crippen molar-refractivity contribution in [3.8, 4) is 17.2 Å². The first-order valence-corrected chi connectivity index (χ1v) is 15.9. The summed E-state index contributed by atoms with van der Waals surface area (Å²) in [6, 6.07) is 8.36. The monoisotopic (exact) mass is 649 g/mol. The summed E-state index contributed by atoms with van der Waals surface area (Å²) in [4.78, 5) is 35.1. The SMILES string of the molecule is Cc1nc2c(F)c(-c3cccc(Cl)c3C)c(CCC#N)cc2c(N(C(=O)OC(C)(C)C)[C@H]2[C@@H]3C[C@H]2N(C(=O)OC(C)(C)C)C3)c1N. The fourth-order valence-corrected chi connectivity index (χ4v) is 6.69. The largest absolute Gasteiger partial charge is 0.444 e. The van der Waals surface area contributed by atoms with Gasteiger partial charge in [-0.2, -0.15) is 5.26 Å². The Balaban J connectivity index is 1.75. The topological polar surface area (TPSA) is 122 Å². The average molecular weight is 650 g/mol. The van der Waals surface area contributed by atoms with Crippen LogP contribution in [0.3, 0.4) is 0 Å². The lowest BCUT2D eigenvalue weighted by molar-refractivity contribution is 0.0217. The van der Waals surface area contributed by atoms with Crippen molar-refractivity contribution in [1.82, 2.24) is 9.88 Å². The molecule has 2 aliphatic heterocycles. The van der Waals surface area contributed by atoms with Gasteiger partial charge in [-0.25, -0.2) is 19.0 Å². The van der Waals surface area contributed by atoms with Crippen LogP contribution >= 0.6 is 11.6 Å². The van der Waals surface area contributed by atoms with Gasteiger partial charge in [-0.05, 0) is 97.1 Å². The predicted molar refractivity (Wildman–Crippen MR) is 177 cm³/mol. The second kappa shape index (κ2) is 11.9. The molecule has 3 heterocycles. The molecule has 2 amide bonds. The molecule has 2 aromatic carbocycles. The van der Waals surface area contributed by atoms with E-state index in [9.17, 15) is 14.9 Å². The number of nitrogens with two attached hydrogens (primary N) is 1. The molecule has 3 aromatic rings. The number of nitrogen functional groups attached to an aromatic ring is 1. The summed E-state index contributed by atoms with van der Waals surface area (Å²) in [5.74, 6) is -0.680. The Morgan fingerprint density at radius 1 is 1.17 bits per heavy atom. The number of ether oxygens (including phenoxy) is 2. The summed E-state index contributed by atoms with van der Waals surface area (Å²) >= 11 is 6.45. The van der Waals surface area contributed by atoms with Crippen LogP contribution in [0.4, 0.5) is 25.4 Å². The number of pyridine rings is 1. The number of nitriles is 1. The van der Waals surface area contributed by atoms with E-state index in [2.05, 4.69) is 11.1 Å². The lowest BCUT2D eigenvalue weighted by Gasteiger charge is -2.44. The summed E-state index contributed by atoms with van der Waals surface area (Å²) in [6.07, 6.45) is -0.0710. The predicted octanol–water partition coefficient (Wildman–Crippen LogP) is 8.10. The fourth-order valence-electron chi connectivity index (χ4n) is 6.52. The number of anilines is 2. The number of benzene rings is 2. The first-order chi connectivity index (χ1) is 21.4. The van der Waals surface area contributed by atoms with E-state index in [0.717, 1.165) is 0 Å². The van der Waals surface area contributed by atoms with Crippen LogP contribution in [0.2, 0.25) is 5.02 Å². The molecular weight excluding hydrogens is 609 g/mol. The fraction of sp³-hybridized carbons (Fsp3) is 0.486. The number of halogens is 2. The lowest BCUT2D eigenvalue weighted by atomic mass is 9.78. The average Bonchev–Trinajstić information content (AvgIpc) is 3.53. The normalized spacial score (nSPS) is 19.1. The number of hydrogen-bond acceptors (Lipinski definition) is 7. The minimum Gasteiger partial charge on any atom is -0.444 e. The molecule has 1 aromatic heterocycles. The highest BCUT2D eigenvalue weighted by molar-refractivity contribution is 6.31. The molecule has 3 aliphatic rings. The van der Waals surface area contributed by atoms with Gasteiger partial charge in [0.25, 0.3) is 0 Å². The van der Waals surface area contributed by atoms with E-state index in [1.165, 1.54) is 4.90 Å². The highest BCUT2D eigenvalue weighted by atomic mass is 35.5. The number of amides is 2. The number of carbonyl (C=O) groups excluding carboxylic acids is 2. The highest BCUT2D eigenvalue weighted by Gasteiger charge is 2.59. The van der Waals surface area contributed by atoms with E-state index in [1.54, 1.807) is 77.6 Å². The maximum absolute atomic E-state index is 16.9. The van der Waals surface area contributed by atoms with Crippen LogP contribution in [0.1, 0.15) is 71.2 Å². The van der Waals surface area contributed by atoms with Gasteiger partial charge in [0, 0.05) is 34.9 Å². The van der Waals surface area contributed by atoms with E-state index in [1.807, 2.05) is 6.92 Å². The van der Waals surface area contributed by atoms with Gasteiger partial charge in [0.15, 0.2) is 5.82 Å². The van der Waals surface area contributed by atoms with E-state index in [4.69, 9.17) is 26.8 Å². The van der Waals surface area contributed by atoms with Crippen molar-refractivity contribution in [3.05, 3.63) is 51.9 Å². The maximum Gasteiger partial charge on any atom is 0.415 e. The number of fused-ring (bicyclic) bond motifs is 2. The number of carbonyl (C=O) groups is 2. The van der Waals surface area contributed by atoms with Crippen LogP contribution in [0, 0.1) is 36.9 Å². The van der Waals surface area contributed by atoms with Crippen LogP contribution in [-0.2, 0) is 15.9 Å². The summed E-state index contributed by atoms with van der Waals surface area (Å²) in [7, 11) is 0. The van der Waals surface area contributed by atoms with E-state index >= 15 is 4.39 Å². The second-order valence-electron chi connectivity index (χ2n) is 14.2. The third-order valence-electron chi connectivity index (χ3n) is 8.56. The molecule has 1 saturated carbocycles. The molecule has 0 spiro atoms. The van der Waals surface area contributed by atoms with Crippen LogP contribution < -0.4 is 10.6 Å². The third kappa shape index (κ3) is 6.05. The first kappa shape index (κ1) is 33.3. The first-order valence-electron chi connectivity index (χ1n) is 15.5. The van der Waals surface area contributed by atoms with Crippen molar-refractivity contribution >= 4 is 46.1 Å². The Kier molecular flexibility index (Phi) is 8.62. The van der Waals surface area contributed by atoms with Crippen LogP contribution in [0.5, 0.6) is 0 Å². The highest BCUT2D eigenvalue weighted by Crippen LogP contribution is 2.50. The van der Waals surface area contributed by atoms with Crippen molar-refractivity contribution in [1.29, 1.82) is 5.26 Å². The van der Waals surface area contributed by atoms with E-state index < -0.39 is 35.2 Å². The smallest absolute Gasteiger partial charge is 0.415 e. The number of aryl methyl sites for hydroxylation is 2. The van der Waals surface area contributed by atoms with E-state index in [-0.39, 0.29) is 41.7 Å². The molecule has 3 fully saturated rings. The zero-order chi connectivity index (χ0) is 33.9. The lowest BCUT2D eigenvalue weighted by Crippen LogP contribution is -2.59. The molecule has 11 heteroatoms. The van der Waals surface area contributed by atoms with Gasteiger partial charge in [0.1, 0.15) is 16.7 Å². The molecule has 6 rings (SSSR count). The van der Waals surface area contributed by atoms with E-state index in [0.29, 0.717) is 51.3 Å². The van der Waals surface area contributed by atoms with Crippen molar-refractivity contribution in [3.63, 3.8) is 0 Å². The zero-order valence-electron chi connectivity index (χ0n) is 27.6. The van der Waals surface area contributed by atoms with Gasteiger partial charge >= 0.3 is 12.2 Å². The van der Waals surface area contributed by atoms with Crippen LogP contribution in [-0.4, -0.2) is 51.9 Å². The number of rotatable bonds is 5. The zero-order valence-corrected chi connectivity index (χ0v) is 28.4. The molecule has 46 heavy (non-hydrogen) atoms. The summed E-state index contributed by atoms with van der Waals surface area (Å²) in [5, 5.41) is 10.3. The maximum atomic E-state index is 16.9. The minimum atomic E-state index is -0.851. The molecule has 2 N–H and O–H groups in total. The number of hydrogen-bond donors (Lipinski definition) is 1. The Bertz CT molecular complexity index is 1770. The number of aromatic nitrogens is 1. The minimum absolute atomic E-state index is 0.0287. The summed E-state index contributed by atoms with van der Waals surface area (Å²) < 4.78 is 28.5. The van der Waals surface area contributed by atoms with Crippen molar-refractivity contribution in [2.45, 2.75) is 97.9 Å². The third-order valence-corrected chi connectivity index (χ3v) is 8.96. The standard InChI is InChI=1S/C35H41ClFN5O4/c1-18-22(12-9-13-24(18)36)26-20(11-10-14-38)15-23-29(27(26)37)40-19(2)28(39)31(23)42(33(44)46-35(6,7)8)30-21-16-25(30)41(17-21)32(43)45-34(3,4)5/h9,12-13,15,21,25,30H,10-11,16-17,39H2,1-8H3/t21-,25-,30+/m1/s1. The summed E-state index contributed by atoms with van der Waals surface area (Å²) in [6.45, 7) is 14.6. The van der Waals surface area contributed by atoms with Crippen LogP contribution in [0.25, 0.3) is 22.0 Å². The van der Waals surface area contributed by atoms with Gasteiger partial charge in [0.05, 0.1) is 35.2 Å². The Morgan fingerprint density at radius 2 is 1.85 bits per heavy atom. The number of nitrogens with zero attached hydrogens (tertiary/aromatic N) is 4. The van der Waals surface area contributed by atoms with Gasteiger partial charge in [-0.3, -0.25) is 4.90 Å². The molecule has 9 nitrogen and oxygen atoms in total. The molecular formula is C35H41ClFN5O4. The van der Waals surface area contributed by atoms with Gasteiger partial charge in [-0.15, -0.1) is 0 Å². The molecule has 2 bridgehead atoms. The van der Waals surface area contributed by atoms with Gasteiger partial charge < -0.3 is 20.1 Å². The Labute approximate surface area is 274 Å². The molecule has 2 saturated heterocycles. The second-order valence-corrected chi connectivity index (χ2v) is 14.6. The van der Waals surface area contributed by atoms with Gasteiger partial charge in [-0.1, -0.05) is 23.7 Å². The molecule has 0 radical (unpaired) electrons. The molecule has 3 atom stereocenters. The Hall–Kier alpha value is -4.10. The van der Waals surface area contributed by atoms with Gasteiger partial charge in [0.2, 0.25) is 0 Å². The molecule has 244 valence electrons. The van der Waals surface area contributed by atoms with Crippen molar-refractivity contribution in [2.24, 2.45) is 5.92 Å².